The molecule has 20 heavy (non-hydrogen) atoms. The molecule has 0 aliphatic heterocycles. The molecular formula is C16H30N4. The van der Waals surface area contributed by atoms with E-state index in [-0.39, 0.29) is 5.54 Å². The fourth-order valence-corrected chi connectivity index (χ4v) is 3.10. The molecule has 4 heteroatoms. The number of pyridine rings is 1. The summed E-state index contributed by atoms with van der Waals surface area (Å²) in [6.07, 6.45) is 5.63. The normalized spacial score (nSPS) is 16.1. The smallest absolute Gasteiger partial charge is 0.0378 e. The molecule has 2 atom stereocenters. The minimum absolute atomic E-state index is 0.112. The summed E-state index contributed by atoms with van der Waals surface area (Å²) in [5.41, 5.74) is 8.14. The van der Waals surface area contributed by atoms with Crippen molar-refractivity contribution in [2.75, 3.05) is 25.9 Å². The van der Waals surface area contributed by atoms with Gasteiger partial charge in [0.05, 0.1) is 0 Å². The van der Waals surface area contributed by atoms with Crippen LogP contribution in [0.15, 0.2) is 18.5 Å². The predicted molar refractivity (Wildman–Crippen MR) is 86.8 cm³/mol. The maximum absolute atomic E-state index is 6.07. The maximum Gasteiger partial charge on any atom is 0.0378 e. The van der Waals surface area contributed by atoms with E-state index in [0.29, 0.717) is 6.04 Å². The minimum atomic E-state index is 0.112. The lowest BCUT2D eigenvalue weighted by molar-refractivity contribution is 0.0731. The number of rotatable bonds is 8. The summed E-state index contributed by atoms with van der Waals surface area (Å²) in [5.74, 6) is 0. The van der Waals surface area contributed by atoms with Gasteiger partial charge in [0, 0.05) is 29.7 Å². The van der Waals surface area contributed by atoms with Gasteiger partial charge in [-0.15, -0.1) is 0 Å². The van der Waals surface area contributed by atoms with Crippen LogP contribution in [0.3, 0.4) is 0 Å². The summed E-state index contributed by atoms with van der Waals surface area (Å²) in [7, 11) is 2.04. The Bertz CT molecular complexity index is 403. The molecule has 1 rings (SSSR count). The summed E-state index contributed by atoms with van der Waals surface area (Å²) in [6, 6.07) is 2.22. The largest absolute Gasteiger partial charge is 0.398 e. The molecule has 1 aromatic rings. The summed E-state index contributed by atoms with van der Waals surface area (Å²) < 4.78 is 0. The molecule has 1 aromatic heterocycles. The molecule has 114 valence electrons. The molecule has 0 spiro atoms. The SMILES string of the molecule is CCN(CC)C(C)(CC)C(Cc1cnccc1N)NC. The van der Waals surface area contributed by atoms with Gasteiger partial charge in [0.2, 0.25) is 0 Å². The number of nitrogen functional groups attached to an aromatic ring is 1. The van der Waals surface area contributed by atoms with Gasteiger partial charge < -0.3 is 11.1 Å². The number of anilines is 1. The van der Waals surface area contributed by atoms with Crippen molar-refractivity contribution < 1.29 is 0 Å². The standard InChI is InChI=1S/C16H30N4/c1-6-16(4,20(7-2)8-3)15(18-5)11-13-12-19-10-9-14(13)17/h9-10,12,15,18H,6-8,11H2,1-5H3,(H2,17,19). The Morgan fingerprint density at radius 3 is 2.45 bits per heavy atom. The number of nitrogens with one attached hydrogen (secondary N) is 1. The van der Waals surface area contributed by atoms with Crippen LogP contribution in [0.5, 0.6) is 0 Å². The van der Waals surface area contributed by atoms with E-state index in [0.717, 1.165) is 37.2 Å². The monoisotopic (exact) mass is 278 g/mol. The average molecular weight is 278 g/mol. The van der Waals surface area contributed by atoms with Crippen LogP contribution in [0.1, 0.15) is 39.7 Å². The predicted octanol–water partition coefficient (Wildman–Crippen LogP) is 2.30. The Balaban J connectivity index is 3.01. The zero-order chi connectivity index (χ0) is 15.2. The number of hydrogen-bond donors (Lipinski definition) is 2. The number of hydrogen-bond acceptors (Lipinski definition) is 4. The number of nitrogens with two attached hydrogens (primary N) is 1. The molecule has 3 N–H and O–H groups in total. The van der Waals surface area contributed by atoms with Gasteiger partial charge in [0.15, 0.2) is 0 Å². The molecule has 0 amide bonds. The second-order valence-electron chi connectivity index (χ2n) is 5.50. The molecular weight excluding hydrogens is 248 g/mol. The molecule has 0 radical (unpaired) electrons. The van der Waals surface area contributed by atoms with Crippen LogP contribution in [0.25, 0.3) is 0 Å². The van der Waals surface area contributed by atoms with Crippen molar-refractivity contribution in [3.05, 3.63) is 24.0 Å². The van der Waals surface area contributed by atoms with E-state index in [9.17, 15) is 0 Å². The Morgan fingerprint density at radius 2 is 2.00 bits per heavy atom. The Hall–Kier alpha value is -1.13. The van der Waals surface area contributed by atoms with Gasteiger partial charge in [-0.1, -0.05) is 20.8 Å². The molecule has 0 aromatic carbocycles. The third kappa shape index (κ3) is 3.49. The van der Waals surface area contributed by atoms with Crippen molar-refractivity contribution in [1.82, 2.24) is 15.2 Å². The van der Waals surface area contributed by atoms with E-state index in [4.69, 9.17) is 5.73 Å². The topological polar surface area (TPSA) is 54.2 Å². The van der Waals surface area contributed by atoms with Crippen LogP contribution in [-0.2, 0) is 6.42 Å². The van der Waals surface area contributed by atoms with Crippen molar-refractivity contribution in [3.63, 3.8) is 0 Å². The lowest BCUT2D eigenvalue weighted by atomic mass is 9.83. The molecule has 0 saturated carbocycles. The molecule has 4 nitrogen and oxygen atoms in total. The summed E-state index contributed by atoms with van der Waals surface area (Å²) in [5, 5.41) is 3.49. The number of aromatic nitrogens is 1. The first-order valence-electron chi connectivity index (χ1n) is 7.64. The lowest BCUT2D eigenvalue weighted by Gasteiger charge is -2.46. The van der Waals surface area contributed by atoms with Crippen molar-refractivity contribution in [3.8, 4) is 0 Å². The quantitative estimate of drug-likeness (QED) is 0.766. The zero-order valence-electron chi connectivity index (χ0n) is 13.6. The van der Waals surface area contributed by atoms with Crippen molar-refractivity contribution >= 4 is 5.69 Å². The summed E-state index contributed by atoms with van der Waals surface area (Å²) in [6.45, 7) is 11.2. The van der Waals surface area contributed by atoms with Gasteiger partial charge >= 0.3 is 0 Å². The molecule has 0 saturated heterocycles. The van der Waals surface area contributed by atoms with Gasteiger partial charge in [-0.25, -0.2) is 0 Å². The van der Waals surface area contributed by atoms with Crippen LogP contribution in [-0.4, -0.2) is 41.6 Å². The Kier molecular flexibility index (Phi) is 6.43. The maximum atomic E-state index is 6.07. The highest BCUT2D eigenvalue weighted by atomic mass is 15.2. The van der Waals surface area contributed by atoms with Crippen molar-refractivity contribution in [2.45, 2.75) is 52.1 Å². The van der Waals surface area contributed by atoms with Crippen molar-refractivity contribution in [1.29, 1.82) is 0 Å². The van der Waals surface area contributed by atoms with Gasteiger partial charge in [-0.3, -0.25) is 9.88 Å². The second kappa shape index (κ2) is 7.60. The van der Waals surface area contributed by atoms with Gasteiger partial charge in [0.1, 0.15) is 0 Å². The van der Waals surface area contributed by atoms with E-state index in [1.807, 2.05) is 19.3 Å². The third-order valence-electron chi connectivity index (χ3n) is 4.67. The highest BCUT2D eigenvalue weighted by molar-refractivity contribution is 5.44. The van der Waals surface area contributed by atoms with E-state index in [1.165, 1.54) is 0 Å². The molecule has 0 fully saturated rings. The van der Waals surface area contributed by atoms with Crippen LogP contribution >= 0.6 is 0 Å². The van der Waals surface area contributed by atoms with Crippen molar-refractivity contribution in [2.24, 2.45) is 0 Å². The Morgan fingerprint density at radius 1 is 1.35 bits per heavy atom. The van der Waals surface area contributed by atoms with E-state index in [1.54, 1.807) is 6.20 Å². The molecule has 0 bridgehead atoms. The molecule has 1 heterocycles. The minimum Gasteiger partial charge on any atom is -0.398 e. The first-order chi connectivity index (χ1) is 9.53. The van der Waals surface area contributed by atoms with E-state index in [2.05, 4.69) is 42.9 Å². The highest BCUT2D eigenvalue weighted by Crippen LogP contribution is 2.27. The summed E-state index contributed by atoms with van der Waals surface area (Å²) >= 11 is 0. The van der Waals surface area contributed by atoms with E-state index < -0.39 is 0 Å². The third-order valence-corrected chi connectivity index (χ3v) is 4.67. The summed E-state index contributed by atoms with van der Waals surface area (Å²) in [4.78, 5) is 6.73. The fourth-order valence-electron chi connectivity index (χ4n) is 3.10. The zero-order valence-corrected chi connectivity index (χ0v) is 13.6. The van der Waals surface area contributed by atoms with Gasteiger partial charge in [-0.2, -0.15) is 0 Å². The van der Waals surface area contributed by atoms with Crippen LogP contribution < -0.4 is 11.1 Å². The fraction of sp³-hybridized carbons (Fsp3) is 0.688. The Labute approximate surface area is 123 Å². The van der Waals surface area contributed by atoms with Crippen LogP contribution in [0.2, 0.25) is 0 Å². The van der Waals surface area contributed by atoms with E-state index >= 15 is 0 Å². The average Bonchev–Trinajstić information content (AvgIpc) is 2.47. The van der Waals surface area contributed by atoms with Gasteiger partial charge in [0.25, 0.3) is 0 Å². The molecule has 2 unspecified atom stereocenters. The first kappa shape index (κ1) is 16.9. The number of nitrogens with zero attached hydrogens (tertiary/aromatic N) is 2. The van der Waals surface area contributed by atoms with Crippen LogP contribution in [0, 0.1) is 0 Å². The molecule has 0 aliphatic rings. The number of likely N-dealkylation sites (N-methyl/N-ethyl adjacent to an activating group) is 2. The van der Waals surface area contributed by atoms with Crippen LogP contribution in [0.4, 0.5) is 5.69 Å². The van der Waals surface area contributed by atoms with Gasteiger partial charge in [-0.05, 0) is 51.5 Å². The first-order valence-corrected chi connectivity index (χ1v) is 7.64. The molecule has 0 aliphatic carbocycles. The highest BCUT2D eigenvalue weighted by Gasteiger charge is 2.36. The second-order valence-corrected chi connectivity index (χ2v) is 5.50. The lowest BCUT2D eigenvalue weighted by Crippen LogP contribution is -2.59.